The molecule has 162 valence electrons. The van der Waals surface area contributed by atoms with Crippen molar-refractivity contribution in [2.24, 2.45) is 0 Å². The van der Waals surface area contributed by atoms with E-state index in [4.69, 9.17) is 14.7 Å². The second-order valence-corrected chi connectivity index (χ2v) is 8.15. The van der Waals surface area contributed by atoms with Gasteiger partial charge in [-0.2, -0.15) is 4.98 Å². The number of nitrogens with zero attached hydrogens (tertiary/aromatic N) is 4. The average molecular weight is 421 g/mol. The molecule has 0 aliphatic carbocycles. The Hall–Kier alpha value is -2.97. The van der Waals surface area contributed by atoms with Gasteiger partial charge < -0.3 is 14.5 Å². The summed E-state index contributed by atoms with van der Waals surface area (Å²) in [4.78, 5) is 30.3. The Balaban J connectivity index is 1.63. The van der Waals surface area contributed by atoms with E-state index in [1.807, 2.05) is 43.4 Å². The summed E-state index contributed by atoms with van der Waals surface area (Å²) in [6.07, 6.45) is 3.48. The number of benzene rings is 1. The molecule has 8 nitrogen and oxygen atoms in total. The first-order valence-electron chi connectivity index (χ1n) is 11.0. The normalized spacial score (nSPS) is 19.5. The number of ether oxygens (including phenoxy) is 1. The van der Waals surface area contributed by atoms with Crippen LogP contribution in [0.2, 0.25) is 0 Å². The fourth-order valence-corrected chi connectivity index (χ4v) is 4.38. The van der Waals surface area contributed by atoms with Crippen molar-refractivity contribution in [3.05, 3.63) is 46.8 Å². The maximum atomic E-state index is 13.4. The number of H-pyrrole nitrogens is 1. The molecule has 3 aromatic rings. The van der Waals surface area contributed by atoms with Crippen LogP contribution in [0.3, 0.4) is 0 Å². The minimum atomic E-state index is -0.170. The number of pyridine rings is 1. The number of rotatable bonds is 4. The Morgan fingerprint density at radius 3 is 2.74 bits per heavy atom. The third-order valence-corrected chi connectivity index (χ3v) is 6.14. The second-order valence-electron chi connectivity index (χ2n) is 8.15. The zero-order chi connectivity index (χ0) is 21.2. The highest BCUT2D eigenvalue weighted by atomic mass is 16.5. The van der Waals surface area contributed by atoms with E-state index < -0.39 is 0 Å². The third-order valence-electron chi connectivity index (χ3n) is 6.14. The fourth-order valence-electron chi connectivity index (χ4n) is 4.38. The Bertz CT molecular complexity index is 1120. The van der Waals surface area contributed by atoms with E-state index in [1.165, 1.54) is 6.42 Å². The van der Waals surface area contributed by atoms with Crippen LogP contribution >= 0.6 is 0 Å². The van der Waals surface area contributed by atoms with Crippen molar-refractivity contribution in [3.8, 4) is 11.3 Å². The van der Waals surface area contributed by atoms with Gasteiger partial charge in [-0.1, -0.05) is 24.3 Å². The van der Waals surface area contributed by atoms with Crippen molar-refractivity contribution < 1.29 is 4.74 Å². The first kappa shape index (κ1) is 20.0. The molecule has 0 amide bonds. The summed E-state index contributed by atoms with van der Waals surface area (Å²) in [6, 6.07) is 11.9. The molecule has 2 fully saturated rings. The van der Waals surface area contributed by atoms with Crippen molar-refractivity contribution in [2.45, 2.75) is 25.4 Å². The smallest absolute Gasteiger partial charge is 0.263 e. The molecule has 0 radical (unpaired) electrons. The van der Waals surface area contributed by atoms with Crippen LogP contribution in [0.5, 0.6) is 0 Å². The molecule has 5 rings (SSSR count). The molecular weight excluding hydrogens is 392 g/mol. The van der Waals surface area contributed by atoms with Gasteiger partial charge in [0.05, 0.1) is 30.6 Å². The second kappa shape index (κ2) is 8.64. The van der Waals surface area contributed by atoms with E-state index in [1.54, 1.807) is 0 Å². The van der Waals surface area contributed by atoms with Gasteiger partial charge in [-0.15, -0.1) is 0 Å². The number of nitrogens with one attached hydrogen (secondary N) is 2. The molecule has 2 saturated heterocycles. The largest absolute Gasteiger partial charge is 0.378 e. The molecule has 2 aromatic heterocycles. The van der Waals surface area contributed by atoms with E-state index in [9.17, 15) is 4.79 Å². The van der Waals surface area contributed by atoms with Crippen LogP contribution in [0.1, 0.15) is 19.3 Å². The third kappa shape index (κ3) is 4.00. The number of aromatic amines is 1. The highest BCUT2D eigenvalue weighted by Crippen LogP contribution is 2.29. The molecule has 2 aliphatic heterocycles. The monoisotopic (exact) mass is 420 g/mol. The zero-order valence-corrected chi connectivity index (χ0v) is 17.8. The molecule has 1 atom stereocenters. The summed E-state index contributed by atoms with van der Waals surface area (Å²) in [5.41, 5.74) is 1.84. The van der Waals surface area contributed by atoms with Gasteiger partial charge in [0.2, 0.25) is 5.95 Å². The van der Waals surface area contributed by atoms with E-state index >= 15 is 0 Å². The van der Waals surface area contributed by atoms with Crippen LogP contribution < -0.4 is 20.7 Å². The molecule has 8 heteroatoms. The van der Waals surface area contributed by atoms with Crippen molar-refractivity contribution >= 4 is 22.7 Å². The molecule has 4 heterocycles. The summed E-state index contributed by atoms with van der Waals surface area (Å²) in [6.45, 7) is 3.65. The van der Waals surface area contributed by atoms with Gasteiger partial charge >= 0.3 is 0 Å². The lowest BCUT2D eigenvalue weighted by Crippen LogP contribution is -2.47. The summed E-state index contributed by atoms with van der Waals surface area (Å²) in [7, 11) is 2.01. The molecule has 31 heavy (non-hydrogen) atoms. The number of morpholine rings is 1. The quantitative estimate of drug-likeness (QED) is 0.670. The number of piperidine rings is 1. The molecule has 0 spiro atoms. The lowest BCUT2D eigenvalue weighted by Gasteiger charge is -2.35. The highest BCUT2D eigenvalue weighted by molar-refractivity contribution is 5.83. The zero-order valence-electron chi connectivity index (χ0n) is 17.8. The molecule has 0 bridgehead atoms. The van der Waals surface area contributed by atoms with Crippen LogP contribution in [-0.2, 0) is 4.74 Å². The van der Waals surface area contributed by atoms with E-state index in [2.05, 4.69) is 20.1 Å². The van der Waals surface area contributed by atoms with Gasteiger partial charge in [0, 0.05) is 25.5 Å². The molecular formula is C23H28N6O2. The van der Waals surface area contributed by atoms with Gasteiger partial charge in [-0.05, 0) is 37.9 Å². The van der Waals surface area contributed by atoms with Crippen LogP contribution in [0, 0.1) is 0 Å². The lowest BCUT2D eigenvalue weighted by molar-refractivity contribution is 0.122. The number of fused-ring (bicyclic) bond motifs is 1. The van der Waals surface area contributed by atoms with Gasteiger partial charge in [0.25, 0.3) is 5.56 Å². The average Bonchev–Trinajstić information content (AvgIpc) is 2.84. The molecule has 0 saturated carbocycles. The van der Waals surface area contributed by atoms with E-state index in [0.29, 0.717) is 49.3 Å². The van der Waals surface area contributed by atoms with Crippen LogP contribution in [-0.4, -0.2) is 61.0 Å². The number of hydrogen-bond acceptors (Lipinski definition) is 7. The Labute approximate surface area is 181 Å². The summed E-state index contributed by atoms with van der Waals surface area (Å²) in [5.74, 6) is 1.25. The molecule has 1 aromatic carbocycles. The van der Waals surface area contributed by atoms with E-state index in [0.717, 1.165) is 30.3 Å². The number of aromatic nitrogens is 3. The molecule has 2 aliphatic rings. The fraction of sp³-hybridized carbons (Fsp3) is 0.435. The lowest BCUT2D eigenvalue weighted by atomic mass is 10.1. The minimum Gasteiger partial charge on any atom is -0.378 e. The Kier molecular flexibility index (Phi) is 5.57. The molecule has 2 N–H and O–H groups in total. The van der Waals surface area contributed by atoms with Crippen molar-refractivity contribution in [1.29, 1.82) is 0 Å². The summed E-state index contributed by atoms with van der Waals surface area (Å²) >= 11 is 0. The number of hydrogen-bond donors (Lipinski definition) is 2. The SMILES string of the molecule is CN(c1nc(N2CCOCC2)[nH]c(=O)c1-c1ccc2ccccc2n1)C1CCCCN1. The topological polar surface area (TPSA) is 86.4 Å². The summed E-state index contributed by atoms with van der Waals surface area (Å²) < 4.78 is 5.47. The predicted molar refractivity (Wildman–Crippen MR) is 123 cm³/mol. The van der Waals surface area contributed by atoms with Gasteiger partial charge in [0.1, 0.15) is 11.4 Å². The number of anilines is 2. The van der Waals surface area contributed by atoms with Gasteiger partial charge in [-0.3, -0.25) is 15.1 Å². The first-order valence-corrected chi connectivity index (χ1v) is 11.0. The van der Waals surface area contributed by atoms with Crippen molar-refractivity contribution in [2.75, 3.05) is 49.7 Å². The maximum Gasteiger partial charge on any atom is 0.263 e. The number of para-hydroxylation sites is 1. The highest BCUT2D eigenvalue weighted by Gasteiger charge is 2.26. The van der Waals surface area contributed by atoms with Crippen LogP contribution in [0.15, 0.2) is 41.2 Å². The van der Waals surface area contributed by atoms with Crippen molar-refractivity contribution in [3.63, 3.8) is 0 Å². The van der Waals surface area contributed by atoms with Crippen LogP contribution in [0.25, 0.3) is 22.2 Å². The van der Waals surface area contributed by atoms with E-state index in [-0.39, 0.29) is 11.7 Å². The van der Waals surface area contributed by atoms with Crippen molar-refractivity contribution in [1.82, 2.24) is 20.3 Å². The maximum absolute atomic E-state index is 13.4. The first-order chi connectivity index (χ1) is 15.2. The Morgan fingerprint density at radius 2 is 1.94 bits per heavy atom. The standard InChI is InChI=1S/C23H28N6O2/c1-28(19-8-4-5-11-24-19)21-20(18-10-9-16-6-2-3-7-17(16)25-18)22(30)27-23(26-21)29-12-14-31-15-13-29/h2-3,6-7,9-10,19,24H,4-5,8,11-15H2,1H3,(H,26,27,30). The Morgan fingerprint density at radius 1 is 1.10 bits per heavy atom. The molecule has 1 unspecified atom stereocenters. The minimum absolute atomic E-state index is 0.139. The van der Waals surface area contributed by atoms with Gasteiger partial charge in [0.15, 0.2) is 0 Å². The predicted octanol–water partition coefficient (Wildman–Crippen LogP) is 2.36. The summed E-state index contributed by atoms with van der Waals surface area (Å²) in [5, 5.41) is 4.61. The van der Waals surface area contributed by atoms with Gasteiger partial charge in [-0.25, -0.2) is 4.98 Å². The van der Waals surface area contributed by atoms with Crippen LogP contribution in [0.4, 0.5) is 11.8 Å².